The van der Waals surface area contributed by atoms with Crippen molar-refractivity contribution in [3.05, 3.63) is 77.9 Å². The van der Waals surface area contributed by atoms with E-state index in [0.29, 0.717) is 25.2 Å². The highest BCUT2D eigenvalue weighted by molar-refractivity contribution is 5.28. The third-order valence-corrected chi connectivity index (χ3v) is 5.03. The van der Waals surface area contributed by atoms with Crippen LogP contribution in [-0.4, -0.2) is 28.0 Å². The summed E-state index contributed by atoms with van der Waals surface area (Å²) in [4.78, 5) is 3.95. The van der Waals surface area contributed by atoms with Gasteiger partial charge in [-0.3, -0.25) is 0 Å². The Hall–Kier alpha value is -2.80. The van der Waals surface area contributed by atoms with E-state index in [1.54, 1.807) is 11.0 Å². The number of halogens is 2. The Balaban J connectivity index is 1.54. The Labute approximate surface area is 161 Å². The van der Waals surface area contributed by atoms with E-state index in [1.165, 1.54) is 18.5 Å². The number of hydrogen-bond donors (Lipinski definition) is 0. The summed E-state index contributed by atoms with van der Waals surface area (Å²) in [5.74, 6) is -0.392. The first-order valence-electron chi connectivity index (χ1n) is 9.15. The second kappa shape index (κ2) is 7.67. The van der Waals surface area contributed by atoms with Crippen LogP contribution in [-0.2, 0) is 16.9 Å². The molecule has 2 atom stereocenters. The molecule has 0 N–H and O–H groups in total. The number of aromatic nitrogens is 3. The normalized spacial score (nSPS) is 21.8. The largest absolute Gasteiger partial charge is 0.493 e. The van der Waals surface area contributed by atoms with Crippen molar-refractivity contribution >= 4 is 0 Å². The predicted molar refractivity (Wildman–Crippen MR) is 98.8 cm³/mol. The molecule has 1 aliphatic heterocycles. The van der Waals surface area contributed by atoms with Crippen molar-refractivity contribution in [3.8, 4) is 5.75 Å². The minimum absolute atomic E-state index is 0.0641. The minimum atomic E-state index is -0.952. The van der Waals surface area contributed by atoms with Gasteiger partial charge in [-0.25, -0.2) is 18.4 Å². The maximum atomic E-state index is 14.6. The fourth-order valence-corrected chi connectivity index (χ4v) is 3.64. The smallest absolute Gasteiger partial charge is 0.137 e. The molecule has 4 rings (SSSR count). The van der Waals surface area contributed by atoms with Gasteiger partial charge < -0.3 is 9.47 Å². The first-order chi connectivity index (χ1) is 13.5. The summed E-state index contributed by atoms with van der Waals surface area (Å²) in [5, 5.41) is 4.12. The van der Waals surface area contributed by atoms with E-state index in [0.717, 1.165) is 17.4 Å². The number of nitrogens with zero attached hydrogens (tertiary/aromatic N) is 3. The number of hydrogen-bond acceptors (Lipinski definition) is 4. The van der Waals surface area contributed by atoms with Crippen LogP contribution in [0.5, 0.6) is 5.75 Å². The van der Waals surface area contributed by atoms with E-state index >= 15 is 0 Å². The summed E-state index contributed by atoms with van der Waals surface area (Å²) in [6.45, 7) is 3.17. The van der Waals surface area contributed by atoms with E-state index in [9.17, 15) is 8.78 Å². The number of ether oxygens (including phenoxy) is 2. The maximum Gasteiger partial charge on any atom is 0.137 e. The van der Waals surface area contributed by atoms with E-state index in [2.05, 4.69) is 10.1 Å². The summed E-state index contributed by atoms with van der Waals surface area (Å²) in [5.41, 5.74) is 0.532. The highest BCUT2D eigenvalue weighted by Crippen LogP contribution is 2.42. The maximum absolute atomic E-state index is 14.6. The van der Waals surface area contributed by atoms with Crippen LogP contribution in [0.3, 0.4) is 0 Å². The van der Waals surface area contributed by atoms with Crippen molar-refractivity contribution in [1.29, 1.82) is 0 Å². The zero-order valence-electron chi connectivity index (χ0n) is 15.5. The van der Waals surface area contributed by atoms with Gasteiger partial charge in [0.25, 0.3) is 0 Å². The van der Waals surface area contributed by atoms with Gasteiger partial charge in [-0.2, -0.15) is 5.10 Å². The first-order valence-corrected chi connectivity index (χ1v) is 9.15. The number of aryl methyl sites for hydroxylation is 1. The van der Waals surface area contributed by atoms with Gasteiger partial charge >= 0.3 is 0 Å². The van der Waals surface area contributed by atoms with Crippen molar-refractivity contribution < 1.29 is 18.3 Å². The standard InChI is InChI=1S/C21H21F2N3O2/c1-15-2-5-18(6-3-15)27-10-16-9-21(28-11-16,12-26-14-24-13-25-26)19-7-4-17(22)8-20(19)23/h2-8,13-14,16H,9-12H2,1H3/t16-,21+/m1/s1. The molecule has 1 aliphatic rings. The Kier molecular flexibility index (Phi) is 5.09. The van der Waals surface area contributed by atoms with Crippen LogP contribution in [0.15, 0.2) is 55.1 Å². The lowest BCUT2D eigenvalue weighted by atomic mass is 9.87. The van der Waals surface area contributed by atoms with Crippen LogP contribution >= 0.6 is 0 Å². The highest BCUT2D eigenvalue weighted by atomic mass is 19.1. The van der Waals surface area contributed by atoms with Crippen molar-refractivity contribution in [3.63, 3.8) is 0 Å². The van der Waals surface area contributed by atoms with Gasteiger partial charge in [-0.05, 0) is 31.5 Å². The third-order valence-electron chi connectivity index (χ3n) is 5.03. The lowest BCUT2D eigenvalue weighted by Crippen LogP contribution is -2.32. The average molecular weight is 385 g/mol. The molecular weight excluding hydrogens is 364 g/mol. The number of benzene rings is 2. The van der Waals surface area contributed by atoms with Crippen molar-refractivity contribution in [1.82, 2.24) is 14.8 Å². The molecule has 2 aromatic carbocycles. The van der Waals surface area contributed by atoms with Crippen molar-refractivity contribution in [2.24, 2.45) is 5.92 Å². The SMILES string of the molecule is Cc1ccc(OC[C@@H]2CO[C@@](Cn3cncn3)(c3ccc(F)cc3F)C2)cc1. The van der Waals surface area contributed by atoms with Gasteiger partial charge in [0.1, 0.15) is 35.6 Å². The Morgan fingerprint density at radius 1 is 1.21 bits per heavy atom. The zero-order valence-corrected chi connectivity index (χ0v) is 15.5. The first kappa shape index (κ1) is 18.6. The van der Waals surface area contributed by atoms with Gasteiger partial charge in [-0.15, -0.1) is 0 Å². The topological polar surface area (TPSA) is 49.2 Å². The number of rotatable bonds is 6. The molecule has 146 valence electrons. The molecule has 5 nitrogen and oxygen atoms in total. The molecule has 1 fully saturated rings. The van der Waals surface area contributed by atoms with E-state index in [-0.39, 0.29) is 12.5 Å². The van der Waals surface area contributed by atoms with Gasteiger partial charge in [0.05, 0.1) is 19.8 Å². The summed E-state index contributed by atoms with van der Waals surface area (Å²) in [6.07, 6.45) is 3.51. The second-order valence-electron chi connectivity index (χ2n) is 7.22. The molecule has 0 bridgehead atoms. The molecule has 2 heterocycles. The molecule has 0 unspecified atom stereocenters. The lowest BCUT2D eigenvalue weighted by molar-refractivity contribution is -0.0206. The van der Waals surface area contributed by atoms with Crippen LogP contribution in [0.1, 0.15) is 17.5 Å². The Morgan fingerprint density at radius 3 is 2.75 bits per heavy atom. The summed E-state index contributed by atoms with van der Waals surface area (Å²) >= 11 is 0. The highest BCUT2D eigenvalue weighted by Gasteiger charge is 2.44. The van der Waals surface area contributed by atoms with Crippen LogP contribution in [0.4, 0.5) is 8.78 Å². The second-order valence-corrected chi connectivity index (χ2v) is 7.22. The molecule has 0 spiro atoms. The van der Waals surface area contributed by atoms with Crippen molar-refractivity contribution in [2.75, 3.05) is 13.2 Å². The van der Waals surface area contributed by atoms with Gasteiger partial charge in [0, 0.05) is 17.5 Å². The molecular formula is C21H21F2N3O2. The fraction of sp³-hybridized carbons (Fsp3) is 0.333. The molecule has 1 saturated heterocycles. The molecule has 0 aliphatic carbocycles. The Morgan fingerprint density at radius 2 is 2.04 bits per heavy atom. The lowest BCUT2D eigenvalue weighted by Gasteiger charge is -2.29. The van der Waals surface area contributed by atoms with E-state index < -0.39 is 17.2 Å². The van der Waals surface area contributed by atoms with Gasteiger partial charge in [0.15, 0.2) is 0 Å². The molecule has 0 saturated carbocycles. The molecule has 28 heavy (non-hydrogen) atoms. The summed E-state index contributed by atoms with van der Waals surface area (Å²) < 4.78 is 41.6. The average Bonchev–Trinajstić information content (AvgIpc) is 3.32. The van der Waals surface area contributed by atoms with E-state index in [1.807, 2.05) is 31.2 Å². The fourth-order valence-electron chi connectivity index (χ4n) is 3.64. The third kappa shape index (κ3) is 3.89. The van der Waals surface area contributed by atoms with Crippen LogP contribution < -0.4 is 4.74 Å². The molecule has 0 amide bonds. The minimum Gasteiger partial charge on any atom is -0.493 e. The molecule has 0 radical (unpaired) electrons. The molecule has 1 aromatic heterocycles. The van der Waals surface area contributed by atoms with Crippen molar-refractivity contribution in [2.45, 2.75) is 25.5 Å². The quantitative estimate of drug-likeness (QED) is 0.646. The van der Waals surface area contributed by atoms with Crippen LogP contribution in [0, 0.1) is 24.5 Å². The molecule has 3 aromatic rings. The summed E-state index contributed by atoms with van der Waals surface area (Å²) in [6, 6.07) is 11.4. The van der Waals surface area contributed by atoms with Crippen LogP contribution in [0.25, 0.3) is 0 Å². The monoisotopic (exact) mass is 385 g/mol. The summed E-state index contributed by atoms with van der Waals surface area (Å²) in [7, 11) is 0. The van der Waals surface area contributed by atoms with Gasteiger partial charge in [0.2, 0.25) is 0 Å². The van der Waals surface area contributed by atoms with Crippen LogP contribution in [0.2, 0.25) is 0 Å². The predicted octanol–water partition coefficient (Wildman–Crippen LogP) is 3.88. The van der Waals surface area contributed by atoms with E-state index in [4.69, 9.17) is 9.47 Å². The zero-order chi connectivity index (χ0) is 19.6. The Bertz CT molecular complexity index is 931. The molecule has 7 heteroatoms. The van der Waals surface area contributed by atoms with Gasteiger partial charge in [-0.1, -0.05) is 23.8 Å².